The van der Waals surface area contributed by atoms with Gasteiger partial charge in [-0.05, 0) is 30.5 Å². The molecule has 1 heterocycles. The molecule has 1 aromatic heterocycles. The van der Waals surface area contributed by atoms with Crippen LogP contribution in [0, 0.1) is 0 Å². The van der Waals surface area contributed by atoms with Gasteiger partial charge in [0, 0.05) is 0 Å². The number of nitrogens with zero attached hydrogens (tertiary/aromatic N) is 3. The summed E-state index contributed by atoms with van der Waals surface area (Å²) in [5.74, 6) is -0.155. The van der Waals surface area contributed by atoms with E-state index < -0.39 is 0 Å². The molecule has 0 aliphatic rings. The average molecular weight is 348 g/mol. The van der Waals surface area contributed by atoms with Crippen molar-refractivity contribution in [1.82, 2.24) is 15.0 Å². The van der Waals surface area contributed by atoms with Crippen LogP contribution in [-0.4, -0.2) is 21.2 Å². The van der Waals surface area contributed by atoms with E-state index in [2.05, 4.69) is 22.4 Å². The van der Waals surface area contributed by atoms with E-state index >= 15 is 0 Å². The first-order valence-electron chi connectivity index (χ1n) is 9.08. The number of rotatable bonds is 8. The molecular weight excluding hydrogens is 324 g/mol. The van der Waals surface area contributed by atoms with Crippen molar-refractivity contribution >= 4 is 22.7 Å². The van der Waals surface area contributed by atoms with E-state index in [1.807, 2.05) is 59.2 Å². The molecule has 1 amide bonds. The molecule has 0 saturated heterocycles. The van der Waals surface area contributed by atoms with Gasteiger partial charge in [-0.3, -0.25) is 4.79 Å². The number of hydrazone groups is 1. The summed E-state index contributed by atoms with van der Waals surface area (Å²) in [6.45, 7) is 2.37. The number of fused-ring (bicyclic) bond motifs is 1. The van der Waals surface area contributed by atoms with E-state index in [1.54, 1.807) is 6.33 Å². The van der Waals surface area contributed by atoms with Crippen LogP contribution in [0.2, 0.25) is 0 Å². The number of unbranched alkanes of at least 4 members (excludes halogenated alkanes) is 2. The zero-order valence-corrected chi connectivity index (χ0v) is 15.1. The molecule has 0 fully saturated rings. The van der Waals surface area contributed by atoms with Gasteiger partial charge >= 0.3 is 0 Å². The van der Waals surface area contributed by atoms with E-state index in [1.165, 1.54) is 0 Å². The first kappa shape index (κ1) is 17.9. The van der Waals surface area contributed by atoms with E-state index in [0.717, 1.165) is 48.0 Å². The fraction of sp³-hybridized carbons (Fsp3) is 0.286. The van der Waals surface area contributed by atoms with Crippen molar-refractivity contribution < 1.29 is 4.79 Å². The normalized spacial score (nSPS) is 11.7. The summed E-state index contributed by atoms with van der Waals surface area (Å²) in [7, 11) is 0. The third-order valence-corrected chi connectivity index (χ3v) is 4.28. The maximum atomic E-state index is 12.4. The summed E-state index contributed by atoms with van der Waals surface area (Å²) in [5, 5.41) is 4.41. The first-order chi connectivity index (χ1) is 12.8. The number of hydrogen-bond acceptors (Lipinski definition) is 3. The van der Waals surface area contributed by atoms with Crippen LogP contribution < -0.4 is 5.43 Å². The van der Waals surface area contributed by atoms with Gasteiger partial charge in [-0.25, -0.2) is 10.4 Å². The number of imidazole rings is 1. The first-order valence-corrected chi connectivity index (χ1v) is 9.08. The van der Waals surface area contributed by atoms with Crippen LogP contribution in [0.5, 0.6) is 0 Å². The number of carbonyl (C=O) groups excluding carboxylic acids is 1. The molecule has 0 unspecified atom stereocenters. The molecule has 5 nitrogen and oxygen atoms in total. The summed E-state index contributed by atoms with van der Waals surface area (Å²) in [6.07, 6.45) is 5.91. The second-order valence-corrected chi connectivity index (χ2v) is 6.28. The van der Waals surface area contributed by atoms with Crippen molar-refractivity contribution in [2.24, 2.45) is 5.10 Å². The minimum atomic E-state index is -0.155. The second kappa shape index (κ2) is 8.94. The zero-order valence-electron chi connectivity index (χ0n) is 15.1. The summed E-state index contributed by atoms with van der Waals surface area (Å²) in [6, 6.07) is 17.8. The molecule has 26 heavy (non-hydrogen) atoms. The standard InChI is InChI=1S/C21H24N4O/c1-2-3-5-12-18(17-10-6-4-7-11-17)23-24-21(26)15-25-16-22-19-13-8-9-14-20(19)25/h4,6-11,13-14,16H,2-3,5,12,15H2,1H3,(H,24,26)/b23-18+. The Balaban J connectivity index is 1.69. The van der Waals surface area contributed by atoms with Crippen LogP contribution in [0.25, 0.3) is 11.0 Å². The van der Waals surface area contributed by atoms with Gasteiger partial charge in [0.1, 0.15) is 6.54 Å². The molecule has 0 radical (unpaired) electrons. The number of nitrogens with one attached hydrogen (secondary N) is 1. The summed E-state index contributed by atoms with van der Waals surface area (Å²) >= 11 is 0. The molecule has 2 aromatic carbocycles. The molecule has 134 valence electrons. The van der Waals surface area contributed by atoms with E-state index in [9.17, 15) is 4.79 Å². The Kier molecular flexibility index (Phi) is 6.14. The van der Waals surface area contributed by atoms with E-state index in [0.29, 0.717) is 0 Å². The minimum absolute atomic E-state index is 0.155. The Labute approximate surface area is 153 Å². The molecule has 0 aliphatic heterocycles. The lowest BCUT2D eigenvalue weighted by atomic mass is 10.0. The quantitative estimate of drug-likeness (QED) is 0.378. The maximum absolute atomic E-state index is 12.4. The van der Waals surface area contributed by atoms with Crippen LogP contribution in [0.4, 0.5) is 0 Å². The molecular formula is C21H24N4O. The molecule has 1 N–H and O–H groups in total. The van der Waals surface area contributed by atoms with Crippen LogP contribution in [0.1, 0.15) is 38.2 Å². The largest absolute Gasteiger partial charge is 0.321 e. The van der Waals surface area contributed by atoms with Crippen molar-refractivity contribution in [3.05, 3.63) is 66.5 Å². The van der Waals surface area contributed by atoms with Gasteiger partial charge in [0.2, 0.25) is 0 Å². The average Bonchev–Trinajstić information content (AvgIpc) is 3.08. The van der Waals surface area contributed by atoms with Crippen molar-refractivity contribution in [2.45, 2.75) is 39.2 Å². The van der Waals surface area contributed by atoms with Crippen LogP contribution in [0.3, 0.4) is 0 Å². The molecule has 3 aromatic rings. The number of benzene rings is 2. The van der Waals surface area contributed by atoms with Crippen molar-refractivity contribution in [1.29, 1.82) is 0 Å². The smallest absolute Gasteiger partial charge is 0.260 e. The van der Waals surface area contributed by atoms with Crippen molar-refractivity contribution in [3.8, 4) is 0 Å². The molecule has 0 spiro atoms. The van der Waals surface area contributed by atoms with Gasteiger partial charge in [0.25, 0.3) is 5.91 Å². The molecule has 0 atom stereocenters. The topological polar surface area (TPSA) is 59.3 Å². The third-order valence-electron chi connectivity index (χ3n) is 4.28. The molecule has 0 aliphatic carbocycles. The second-order valence-electron chi connectivity index (χ2n) is 6.28. The van der Waals surface area contributed by atoms with Gasteiger partial charge in [0.15, 0.2) is 0 Å². The number of para-hydroxylation sites is 2. The molecule has 5 heteroatoms. The predicted octanol–water partition coefficient (Wildman–Crippen LogP) is 4.14. The third kappa shape index (κ3) is 4.57. The Bertz CT molecular complexity index is 883. The summed E-state index contributed by atoms with van der Waals surface area (Å²) in [5.41, 5.74) is 6.51. The van der Waals surface area contributed by atoms with E-state index in [4.69, 9.17) is 0 Å². The van der Waals surface area contributed by atoms with Gasteiger partial charge in [-0.15, -0.1) is 0 Å². The lowest BCUT2D eigenvalue weighted by Crippen LogP contribution is -2.24. The number of amides is 1. The van der Waals surface area contributed by atoms with Crippen LogP contribution >= 0.6 is 0 Å². The maximum Gasteiger partial charge on any atom is 0.260 e. The highest BCUT2D eigenvalue weighted by Crippen LogP contribution is 2.12. The van der Waals surface area contributed by atoms with Gasteiger partial charge in [-0.2, -0.15) is 5.10 Å². The lowest BCUT2D eigenvalue weighted by molar-refractivity contribution is -0.121. The Morgan fingerprint density at radius 1 is 1.08 bits per heavy atom. The van der Waals surface area contributed by atoms with Crippen LogP contribution in [-0.2, 0) is 11.3 Å². The lowest BCUT2D eigenvalue weighted by Gasteiger charge is -2.08. The summed E-state index contributed by atoms with van der Waals surface area (Å²) < 4.78 is 1.83. The molecule has 0 saturated carbocycles. The highest BCUT2D eigenvalue weighted by molar-refractivity contribution is 6.01. The fourth-order valence-electron chi connectivity index (χ4n) is 2.89. The predicted molar refractivity (Wildman–Crippen MR) is 105 cm³/mol. The minimum Gasteiger partial charge on any atom is -0.321 e. The molecule has 3 rings (SSSR count). The Hall–Kier alpha value is -2.95. The fourth-order valence-corrected chi connectivity index (χ4v) is 2.89. The SMILES string of the molecule is CCCCC/C(=N\NC(=O)Cn1cnc2ccccc21)c1ccccc1. The van der Waals surface area contributed by atoms with Crippen LogP contribution in [0.15, 0.2) is 66.0 Å². The number of hydrogen-bond donors (Lipinski definition) is 1. The monoisotopic (exact) mass is 348 g/mol. The van der Waals surface area contributed by atoms with Crippen molar-refractivity contribution in [3.63, 3.8) is 0 Å². The van der Waals surface area contributed by atoms with E-state index in [-0.39, 0.29) is 12.5 Å². The number of carbonyl (C=O) groups is 1. The van der Waals surface area contributed by atoms with Gasteiger partial charge < -0.3 is 4.57 Å². The molecule has 0 bridgehead atoms. The Morgan fingerprint density at radius 2 is 1.85 bits per heavy atom. The highest BCUT2D eigenvalue weighted by Gasteiger charge is 2.08. The van der Waals surface area contributed by atoms with Crippen molar-refractivity contribution in [2.75, 3.05) is 0 Å². The van der Waals surface area contributed by atoms with Gasteiger partial charge in [-0.1, -0.05) is 62.2 Å². The van der Waals surface area contributed by atoms with Gasteiger partial charge in [0.05, 0.1) is 23.1 Å². The number of aromatic nitrogens is 2. The zero-order chi connectivity index (χ0) is 18.2. The Morgan fingerprint density at radius 3 is 2.65 bits per heavy atom. The summed E-state index contributed by atoms with van der Waals surface area (Å²) in [4.78, 5) is 16.7. The highest BCUT2D eigenvalue weighted by atomic mass is 16.2.